The highest BCUT2D eigenvalue weighted by atomic mass is 32.1. The van der Waals surface area contributed by atoms with Crippen LogP contribution in [0.1, 0.15) is 25.7 Å². The first-order valence-electron chi connectivity index (χ1n) is 5.17. The van der Waals surface area contributed by atoms with E-state index in [1.807, 2.05) is 0 Å². The van der Waals surface area contributed by atoms with Gasteiger partial charge in [0.15, 0.2) is 10.3 Å². The smallest absolute Gasteiger partial charge is 0.303 e. The molecule has 0 saturated carbocycles. The standard InChI is InChI=1S/C9H14N4O2S2/c14-6(15)4-2-1-3-5-10-7-11-8(16)13-9(17)12-7/h1-5H2,(H,14,15)(H3,10,11,12,13,16,17). The Labute approximate surface area is 110 Å². The van der Waals surface area contributed by atoms with Crippen LogP contribution in [0.5, 0.6) is 0 Å². The third-order valence-corrected chi connectivity index (χ3v) is 2.36. The molecule has 0 aliphatic carbocycles. The number of nitrogens with zero attached hydrogens (tertiary/aromatic N) is 3. The summed E-state index contributed by atoms with van der Waals surface area (Å²) in [6.07, 6.45) is 2.62. The van der Waals surface area contributed by atoms with Crippen molar-refractivity contribution in [2.75, 3.05) is 11.9 Å². The van der Waals surface area contributed by atoms with Crippen LogP contribution < -0.4 is 5.32 Å². The van der Waals surface area contributed by atoms with Gasteiger partial charge < -0.3 is 10.4 Å². The molecule has 0 amide bonds. The van der Waals surface area contributed by atoms with Gasteiger partial charge in [-0.15, -0.1) is 25.3 Å². The minimum absolute atomic E-state index is 0.216. The van der Waals surface area contributed by atoms with E-state index in [0.29, 0.717) is 29.2 Å². The second-order valence-corrected chi connectivity index (χ2v) is 4.19. The highest BCUT2D eigenvalue weighted by Gasteiger charge is 2.01. The van der Waals surface area contributed by atoms with E-state index in [1.54, 1.807) is 0 Å². The van der Waals surface area contributed by atoms with Crippen LogP contribution >= 0.6 is 25.3 Å². The molecule has 0 aromatic carbocycles. The average molecular weight is 274 g/mol. The van der Waals surface area contributed by atoms with E-state index in [1.165, 1.54) is 0 Å². The Morgan fingerprint density at radius 1 is 1.12 bits per heavy atom. The molecule has 17 heavy (non-hydrogen) atoms. The molecule has 0 atom stereocenters. The summed E-state index contributed by atoms with van der Waals surface area (Å²) in [6.45, 7) is 0.685. The summed E-state index contributed by atoms with van der Waals surface area (Å²) in [6, 6.07) is 0. The van der Waals surface area contributed by atoms with Gasteiger partial charge in [-0.3, -0.25) is 4.79 Å². The Hall–Kier alpha value is -1.02. The number of hydrogen-bond donors (Lipinski definition) is 4. The Kier molecular flexibility index (Phi) is 6.06. The summed E-state index contributed by atoms with van der Waals surface area (Å²) in [5.74, 6) is -0.317. The number of unbranched alkanes of at least 4 members (excludes halogenated alkanes) is 2. The topological polar surface area (TPSA) is 88.0 Å². The van der Waals surface area contributed by atoms with E-state index in [9.17, 15) is 4.79 Å². The van der Waals surface area contributed by atoms with Gasteiger partial charge in [0.25, 0.3) is 0 Å². The molecule has 0 saturated heterocycles. The van der Waals surface area contributed by atoms with Crippen molar-refractivity contribution < 1.29 is 9.90 Å². The number of carboxylic acids is 1. The number of rotatable bonds is 7. The Morgan fingerprint density at radius 3 is 2.35 bits per heavy atom. The first-order chi connectivity index (χ1) is 8.08. The monoisotopic (exact) mass is 274 g/mol. The molecule has 0 aliphatic rings. The second-order valence-electron chi connectivity index (χ2n) is 3.39. The van der Waals surface area contributed by atoms with Gasteiger partial charge in [-0.25, -0.2) is 0 Å². The summed E-state index contributed by atoms with van der Waals surface area (Å²) in [7, 11) is 0. The van der Waals surface area contributed by atoms with Crippen LogP contribution in [0.3, 0.4) is 0 Å². The van der Waals surface area contributed by atoms with Crippen molar-refractivity contribution in [1.82, 2.24) is 15.0 Å². The molecule has 1 aromatic heterocycles. The van der Waals surface area contributed by atoms with Crippen LogP contribution in [0.15, 0.2) is 10.3 Å². The van der Waals surface area contributed by atoms with Gasteiger partial charge in [-0.1, -0.05) is 6.42 Å². The number of carbonyl (C=O) groups is 1. The highest BCUT2D eigenvalue weighted by molar-refractivity contribution is 7.80. The predicted octanol–water partition coefficient (Wildman–Crippen LogP) is 1.51. The molecule has 0 bridgehead atoms. The van der Waals surface area contributed by atoms with E-state index in [-0.39, 0.29) is 6.42 Å². The van der Waals surface area contributed by atoms with Gasteiger partial charge in [0.05, 0.1) is 0 Å². The summed E-state index contributed by atoms with van der Waals surface area (Å²) >= 11 is 8.02. The molecule has 0 unspecified atom stereocenters. The maximum atomic E-state index is 10.3. The van der Waals surface area contributed by atoms with E-state index in [4.69, 9.17) is 5.11 Å². The van der Waals surface area contributed by atoms with Crippen molar-refractivity contribution in [2.45, 2.75) is 36.0 Å². The van der Waals surface area contributed by atoms with Gasteiger partial charge in [0, 0.05) is 13.0 Å². The van der Waals surface area contributed by atoms with Crippen molar-refractivity contribution in [1.29, 1.82) is 0 Å². The van der Waals surface area contributed by atoms with Crippen LogP contribution in [0.2, 0.25) is 0 Å². The molecule has 8 heteroatoms. The summed E-state index contributed by atoms with van der Waals surface area (Å²) < 4.78 is 0. The van der Waals surface area contributed by atoms with Crippen LogP contribution in [-0.2, 0) is 4.79 Å². The molecule has 0 aliphatic heterocycles. The lowest BCUT2D eigenvalue weighted by Crippen LogP contribution is -2.07. The minimum Gasteiger partial charge on any atom is -0.481 e. The van der Waals surface area contributed by atoms with Crippen molar-refractivity contribution in [3.8, 4) is 0 Å². The van der Waals surface area contributed by atoms with Crippen LogP contribution in [0.4, 0.5) is 5.95 Å². The van der Waals surface area contributed by atoms with Crippen molar-refractivity contribution in [3.05, 3.63) is 0 Å². The van der Waals surface area contributed by atoms with E-state index in [0.717, 1.165) is 12.8 Å². The molecule has 0 fully saturated rings. The van der Waals surface area contributed by atoms with E-state index < -0.39 is 5.97 Å². The molecule has 1 heterocycles. The van der Waals surface area contributed by atoms with E-state index in [2.05, 4.69) is 45.5 Å². The zero-order valence-electron chi connectivity index (χ0n) is 9.13. The number of anilines is 1. The van der Waals surface area contributed by atoms with Gasteiger partial charge >= 0.3 is 5.97 Å². The molecule has 0 spiro atoms. The number of nitrogens with one attached hydrogen (secondary N) is 1. The fourth-order valence-electron chi connectivity index (χ4n) is 1.21. The minimum atomic E-state index is -0.755. The molecular weight excluding hydrogens is 260 g/mol. The number of hydrogen-bond acceptors (Lipinski definition) is 7. The fraction of sp³-hybridized carbons (Fsp3) is 0.556. The predicted molar refractivity (Wildman–Crippen MR) is 68.9 cm³/mol. The Bertz CT molecular complexity index is 369. The molecule has 94 valence electrons. The second kappa shape index (κ2) is 7.33. The fourth-order valence-corrected chi connectivity index (χ4v) is 1.67. The Morgan fingerprint density at radius 2 is 1.76 bits per heavy atom. The molecular formula is C9H14N4O2S2. The van der Waals surface area contributed by atoms with Crippen LogP contribution in [0.25, 0.3) is 0 Å². The average Bonchev–Trinajstić information content (AvgIpc) is 2.21. The van der Waals surface area contributed by atoms with Gasteiger partial charge in [0.1, 0.15) is 0 Å². The molecule has 0 radical (unpaired) electrons. The van der Waals surface area contributed by atoms with Gasteiger partial charge in [-0.2, -0.15) is 15.0 Å². The third kappa shape index (κ3) is 6.32. The first-order valence-corrected chi connectivity index (χ1v) is 6.07. The maximum Gasteiger partial charge on any atom is 0.303 e. The summed E-state index contributed by atoms with van der Waals surface area (Å²) in [4.78, 5) is 22.0. The van der Waals surface area contributed by atoms with Gasteiger partial charge in [-0.05, 0) is 12.8 Å². The zero-order valence-corrected chi connectivity index (χ0v) is 10.9. The van der Waals surface area contributed by atoms with Crippen molar-refractivity contribution in [3.63, 3.8) is 0 Å². The number of carboxylic acid groups (broad SMARTS) is 1. The maximum absolute atomic E-state index is 10.3. The lowest BCUT2D eigenvalue weighted by Gasteiger charge is -2.04. The molecule has 2 N–H and O–H groups in total. The van der Waals surface area contributed by atoms with Crippen molar-refractivity contribution >= 4 is 37.2 Å². The molecule has 1 rings (SSSR count). The van der Waals surface area contributed by atoms with E-state index >= 15 is 0 Å². The number of thiol groups is 2. The van der Waals surface area contributed by atoms with Crippen LogP contribution in [-0.4, -0.2) is 32.6 Å². The summed E-state index contributed by atoms with van der Waals surface area (Å²) in [5, 5.41) is 12.1. The normalized spacial score (nSPS) is 10.2. The largest absolute Gasteiger partial charge is 0.481 e. The highest BCUT2D eigenvalue weighted by Crippen LogP contribution is 2.07. The number of aliphatic carboxylic acids is 1. The SMILES string of the molecule is O=C(O)CCCCCNc1nc(S)nc(S)n1. The number of aromatic nitrogens is 3. The molecule has 6 nitrogen and oxygen atoms in total. The lowest BCUT2D eigenvalue weighted by atomic mass is 10.2. The van der Waals surface area contributed by atoms with Crippen molar-refractivity contribution in [2.24, 2.45) is 0 Å². The molecule has 1 aromatic rings. The Balaban J connectivity index is 2.20. The van der Waals surface area contributed by atoms with Gasteiger partial charge in [0.2, 0.25) is 5.95 Å². The van der Waals surface area contributed by atoms with Crippen LogP contribution in [0, 0.1) is 0 Å². The zero-order chi connectivity index (χ0) is 12.7. The first kappa shape index (κ1) is 14.0. The third-order valence-electron chi connectivity index (χ3n) is 1.96. The summed E-state index contributed by atoms with van der Waals surface area (Å²) in [5.41, 5.74) is 0. The quantitative estimate of drug-likeness (QED) is 0.445. The lowest BCUT2D eigenvalue weighted by molar-refractivity contribution is -0.137.